The molecule has 3 nitrogen and oxygen atoms in total. The Balaban J connectivity index is 1.80. The average molecular weight is 253 g/mol. The molecule has 2 atom stereocenters. The van der Waals surface area contributed by atoms with Gasteiger partial charge in [0.2, 0.25) is 0 Å². The number of benzene rings is 1. The summed E-state index contributed by atoms with van der Waals surface area (Å²) in [6, 6.07) is 13.2. The van der Waals surface area contributed by atoms with Gasteiger partial charge in [-0.15, -0.1) is 0 Å². The maximum atomic E-state index is 6.23. The van der Waals surface area contributed by atoms with Gasteiger partial charge in [0, 0.05) is 31.0 Å². The van der Waals surface area contributed by atoms with E-state index in [4.69, 9.17) is 5.73 Å². The van der Waals surface area contributed by atoms with Crippen LogP contribution in [0.1, 0.15) is 35.2 Å². The largest absolute Gasteiger partial charge is 0.324 e. The minimum absolute atomic E-state index is 0.168. The molecular weight excluding hydrogens is 234 g/mol. The van der Waals surface area contributed by atoms with E-state index in [2.05, 4.69) is 53.3 Å². The number of rotatable bonds is 3. The first-order valence-electron chi connectivity index (χ1n) is 6.69. The van der Waals surface area contributed by atoms with Gasteiger partial charge in [-0.2, -0.15) is 0 Å². The molecule has 0 saturated carbocycles. The van der Waals surface area contributed by atoms with Gasteiger partial charge in [0.05, 0.1) is 0 Å². The van der Waals surface area contributed by atoms with Crippen LogP contribution in [0, 0.1) is 0 Å². The number of hydrogen-bond donors (Lipinski definition) is 1. The molecule has 0 saturated heterocycles. The highest BCUT2D eigenvalue weighted by atomic mass is 15.1. The maximum Gasteiger partial charge on any atom is 0.0369 e. The van der Waals surface area contributed by atoms with Crippen LogP contribution in [0.15, 0.2) is 48.8 Å². The van der Waals surface area contributed by atoms with Crippen LogP contribution in [0.25, 0.3) is 0 Å². The molecule has 1 aromatic heterocycles. The molecule has 1 heterocycles. The number of fused-ring (bicyclic) bond motifs is 1. The molecule has 2 N–H and O–H groups in total. The van der Waals surface area contributed by atoms with Crippen LogP contribution in [0.4, 0.5) is 0 Å². The van der Waals surface area contributed by atoms with Crippen LogP contribution in [-0.2, 0) is 6.54 Å². The molecule has 0 bridgehead atoms. The molecule has 3 rings (SSSR count). The van der Waals surface area contributed by atoms with Crippen LogP contribution in [0.2, 0.25) is 0 Å². The normalized spacial score (nSPS) is 21.6. The van der Waals surface area contributed by atoms with E-state index in [-0.39, 0.29) is 6.04 Å². The predicted molar refractivity (Wildman–Crippen MR) is 76.4 cm³/mol. The van der Waals surface area contributed by atoms with Gasteiger partial charge in [0.1, 0.15) is 0 Å². The Hall–Kier alpha value is -1.71. The van der Waals surface area contributed by atoms with Crippen molar-refractivity contribution in [2.45, 2.75) is 25.0 Å². The van der Waals surface area contributed by atoms with Gasteiger partial charge >= 0.3 is 0 Å². The fraction of sp³-hybridized carbons (Fsp3) is 0.312. The molecule has 0 spiro atoms. The average Bonchev–Trinajstić information content (AvgIpc) is 2.78. The third-order valence-electron chi connectivity index (χ3n) is 3.95. The lowest BCUT2D eigenvalue weighted by Gasteiger charge is -2.25. The number of nitrogens with zero attached hydrogens (tertiary/aromatic N) is 2. The van der Waals surface area contributed by atoms with Gasteiger partial charge in [-0.25, -0.2) is 0 Å². The zero-order valence-corrected chi connectivity index (χ0v) is 11.2. The Labute approximate surface area is 114 Å². The highest BCUT2D eigenvalue weighted by Gasteiger charge is 2.30. The highest BCUT2D eigenvalue weighted by Crippen LogP contribution is 2.40. The van der Waals surface area contributed by atoms with Gasteiger partial charge in [-0.3, -0.25) is 9.88 Å². The van der Waals surface area contributed by atoms with Crippen LogP contribution in [-0.4, -0.2) is 16.9 Å². The second-order valence-electron chi connectivity index (χ2n) is 5.26. The first-order valence-corrected chi connectivity index (χ1v) is 6.69. The molecule has 19 heavy (non-hydrogen) atoms. The highest BCUT2D eigenvalue weighted by molar-refractivity contribution is 5.37. The molecule has 2 aromatic rings. The number of nitrogens with two attached hydrogens (primary N) is 1. The van der Waals surface area contributed by atoms with E-state index >= 15 is 0 Å². The first kappa shape index (κ1) is 12.3. The number of hydrogen-bond acceptors (Lipinski definition) is 3. The second-order valence-corrected chi connectivity index (χ2v) is 5.26. The second kappa shape index (κ2) is 5.11. The molecule has 0 fully saturated rings. The first-order chi connectivity index (χ1) is 9.25. The summed E-state index contributed by atoms with van der Waals surface area (Å²) in [7, 11) is 2.17. The summed E-state index contributed by atoms with van der Waals surface area (Å²) in [4.78, 5) is 6.44. The molecule has 2 unspecified atom stereocenters. The summed E-state index contributed by atoms with van der Waals surface area (Å²) >= 11 is 0. The fourth-order valence-corrected chi connectivity index (χ4v) is 2.95. The summed E-state index contributed by atoms with van der Waals surface area (Å²) in [5.41, 5.74) is 10.2. The van der Waals surface area contributed by atoms with E-state index < -0.39 is 0 Å². The third kappa shape index (κ3) is 2.39. The predicted octanol–water partition coefficient (Wildman–Crippen LogP) is 2.66. The summed E-state index contributed by atoms with van der Waals surface area (Å²) in [5.74, 6) is 0. The molecular formula is C16H19N3. The van der Waals surface area contributed by atoms with Gasteiger partial charge in [-0.05, 0) is 42.3 Å². The van der Waals surface area contributed by atoms with E-state index in [9.17, 15) is 0 Å². The van der Waals surface area contributed by atoms with Crippen LogP contribution in [0.3, 0.4) is 0 Å². The lowest BCUT2D eigenvalue weighted by Crippen LogP contribution is -2.23. The van der Waals surface area contributed by atoms with Gasteiger partial charge in [0.25, 0.3) is 0 Å². The van der Waals surface area contributed by atoms with Crippen molar-refractivity contribution in [1.29, 1.82) is 0 Å². The van der Waals surface area contributed by atoms with Crippen LogP contribution >= 0.6 is 0 Å². The van der Waals surface area contributed by atoms with Crippen molar-refractivity contribution in [2.75, 3.05) is 7.05 Å². The number of pyridine rings is 1. The van der Waals surface area contributed by atoms with E-state index in [0.717, 1.165) is 13.0 Å². The van der Waals surface area contributed by atoms with Crippen LogP contribution in [0.5, 0.6) is 0 Å². The molecule has 0 radical (unpaired) electrons. The summed E-state index contributed by atoms with van der Waals surface area (Å²) < 4.78 is 0. The van der Waals surface area contributed by atoms with Crippen molar-refractivity contribution in [3.8, 4) is 0 Å². The van der Waals surface area contributed by atoms with Crippen molar-refractivity contribution in [2.24, 2.45) is 5.73 Å². The summed E-state index contributed by atoms with van der Waals surface area (Å²) in [6.45, 7) is 0.925. The van der Waals surface area contributed by atoms with Crippen molar-refractivity contribution in [3.63, 3.8) is 0 Å². The zero-order valence-electron chi connectivity index (χ0n) is 11.2. The maximum absolute atomic E-state index is 6.23. The summed E-state index contributed by atoms with van der Waals surface area (Å²) in [5, 5.41) is 0. The smallest absolute Gasteiger partial charge is 0.0369 e. The van der Waals surface area contributed by atoms with Crippen molar-refractivity contribution in [3.05, 3.63) is 65.5 Å². The fourth-order valence-electron chi connectivity index (χ4n) is 2.95. The minimum Gasteiger partial charge on any atom is -0.324 e. The van der Waals surface area contributed by atoms with Crippen molar-refractivity contribution in [1.82, 2.24) is 9.88 Å². The van der Waals surface area contributed by atoms with Gasteiger partial charge in [-0.1, -0.05) is 24.3 Å². The van der Waals surface area contributed by atoms with Gasteiger partial charge < -0.3 is 5.73 Å². The van der Waals surface area contributed by atoms with E-state index in [1.54, 1.807) is 0 Å². The van der Waals surface area contributed by atoms with Crippen LogP contribution < -0.4 is 5.73 Å². The molecule has 98 valence electrons. The lowest BCUT2D eigenvalue weighted by atomic mass is 10.1. The van der Waals surface area contributed by atoms with E-state index in [1.165, 1.54) is 16.7 Å². The Bertz CT molecular complexity index is 553. The standard InChI is InChI=1S/C16H19N3/c1-19(11-12-6-8-18-9-7-12)16-10-15(17)13-4-2-3-5-14(13)16/h2-9,15-16H,10-11,17H2,1H3. The zero-order chi connectivity index (χ0) is 13.2. The lowest BCUT2D eigenvalue weighted by molar-refractivity contribution is 0.229. The molecule has 0 aliphatic heterocycles. The quantitative estimate of drug-likeness (QED) is 0.914. The van der Waals surface area contributed by atoms with Gasteiger partial charge in [0.15, 0.2) is 0 Å². The SMILES string of the molecule is CN(Cc1ccncc1)C1CC(N)c2ccccc21. The topological polar surface area (TPSA) is 42.2 Å². The molecule has 3 heteroatoms. The Kier molecular flexibility index (Phi) is 3.32. The van der Waals surface area contributed by atoms with E-state index in [0.29, 0.717) is 6.04 Å². The molecule has 1 aliphatic rings. The number of aromatic nitrogens is 1. The van der Waals surface area contributed by atoms with Crippen molar-refractivity contribution < 1.29 is 0 Å². The Morgan fingerprint density at radius 1 is 1.16 bits per heavy atom. The third-order valence-corrected chi connectivity index (χ3v) is 3.95. The minimum atomic E-state index is 0.168. The Morgan fingerprint density at radius 2 is 1.84 bits per heavy atom. The monoisotopic (exact) mass is 253 g/mol. The molecule has 1 aliphatic carbocycles. The molecule has 0 amide bonds. The summed E-state index contributed by atoms with van der Waals surface area (Å²) in [6.07, 6.45) is 4.69. The van der Waals surface area contributed by atoms with E-state index in [1.807, 2.05) is 12.4 Å². The Morgan fingerprint density at radius 3 is 2.58 bits per heavy atom. The molecule has 1 aromatic carbocycles. The van der Waals surface area contributed by atoms with Crippen molar-refractivity contribution >= 4 is 0 Å².